The summed E-state index contributed by atoms with van der Waals surface area (Å²) in [6.07, 6.45) is 5.07. The van der Waals surface area contributed by atoms with Gasteiger partial charge in [0.25, 0.3) is 0 Å². The van der Waals surface area contributed by atoms with Crippen LogP contribution in [0.1, 0.15) is 67.6 Å². The van der Waals surface area contributed by atoms with Crippen molar-refractivity contribution in [2.45, 2.75) is 65.5 Å². The van der Waals surface area contributed by atoms with Crippen molar-refractivity contribution in [3.05, 3.63) is 46.8 Å². The number of likely N-dealkylation sites (tertiary alicyclic amines) is 1. The highest BCUT2D eigenvalue weighted by Gasteiger charge is 2.31. The van der Waals surface area contributed by atoms with Crippen molar-refractivity contribution < 1.29 is 14.3 Å². The van der Waals surface area contributed by atoms with Crippen LogP contribution in [0.25, 0.3) is 11.0 Å². The molecule has 4 heterocycles. The molecule has 3 aromatic rings. The average Bonchev–Trinajstić information content (AvgIpc) is 3.46. The van der Waals surface area contributed by atoms with Crippen LogP contribution >= 0.6 is 0 Å². The molecule has 2 aromatic heterocycles. The Kier molecular flexibility index (Phi) is 5.72. The number of rotatable bonds is 5. The number of nitrogens with zero attached hydrogens (tertiary/aromatic N) is 4. The highest BCUT2D eigenvalue weighted by molar-refractivity contribution is 5.81. The molecule has 1 aromatic carbocycles. The van der Waals surface area contributed by atoms with Crippen LogP contribution in [0.4, 0.5) is 0 Å². The molecule has 7 nitrogen and oxygen atoms in total. The van der Waals surface area contributed by atoms with Crippen LogP contribution in [0, 0.1) is 13.8 Å². The molecule has 1 fully saturated rings. The number of fused-ring (bicyclic) bond motifs is 2. The third-order valence-electron chi connectivity index (χ3n) is 6.94. The lowest BCUT2D eigenvalue weighted by molar-refractivity contribution is -0.132. The standard InChI is InChI=1S/C26H32N4O3/c1-16(2)30-26-21(15-27-30)17(3)20(18(4)28-26)8-10-25(31)29-11-5-6-22(29)19-7-9-23-24(14-19)33-13-12-32-23/h7,9,14-16,22H,5-6,8,10-13H2,1-4H3/t22-/m1/s1. The van der Waals surface area contributed by atoms with Gasteiger partial charge in [0.05, 0.1) is 12.2 Å². The van der Waals surface area contributed by atoms with Gasteiger partial charge in [-0.2, -0.15) is 5.10 Å². The number of ether oxygens (including phenoxy) is 2. The lowest BCUT2D eigenvalue weighted by atomic mass is 9.99. The smallest absolute Gasteiger partial charge is 0.223 e. The highest BCUT2D eigenvalue weighted by Crippen LogP contribution is 2.38. The van der Waals surface area contributed by atoms with E-state index in [4.69, 9.17) is 14.5 Å². The third-order valence-corrected chi connectivity index (χ3v) is 6.94. The Labute approximate surface area is 194 Å². The summed E-state index contributed by atoms with van der Waals surface area (Å²) >= 11 is 0. The molecule has 0 N–H and O–H groups in total. The van der Waals surface area contributed by atoms with E-state index in [0.717, 1.165) is 58.7 Å². The maximum atomic E-state index is 13.3. The van der Waals surface area contributed by atoms with Crippen molar-refractivity contribution in [3.63, 3.8) is 0 Å². The molecule has 5 rings (SSSR count). The Morgan fingerprint density at radius 1 is 1.18 bits per heavy atom. The number of aryl methyl sites for hydroxylation is 2. The van der Waals surface area contributed by atoms with Crippen molar-refractivity contribution in [3.8, 4) is 11.5 Å². The van der Waals surface area contributed by atoms with E-state index in [1.54, 1.807) is 0 Å². The Morgan fingerprint density at radius 3 is 2.76 bits per heavy atom. The molecule has 0 radical (unpaired) electrons. The molecule has 0 spiro atoms. The van der Waals surface area contributed by atoms with E-state index in [0.29, 0.717) is 26.1 Å². The highest BCUT2D eigenvalue weighted by atomic mass is 16.6. The van der Waals surface area contributed by atoms with E-state index in [-0.39, 0.29) is 18.0 Å². The molecule has 1 amide bonds. The zero-order valence-electron chi connectivity index (χ0n) is 19.9. The second-order valence-corrected chi connectivity index (χ2v) is 9.37. The fourth-order valence-corrected chi connectivity index (χ4v) is 5.19. The molecule has 0 bridgehead atoms. The molecular weight excluding hydrogens is 416 g/mol. The largest absolute Gasteiger partial charge is 0.486 e. The maximum Gasteiger partial charge on any atom is 0.223 e. The predicted octanol–water partition coefficient (Wildman–Crippen LogP) is 4.70. The Hall–Kier alpha value is -3.09. The Morgan fingerprint density at radius 2 is 1.97 bits per heavy atom. The topological polar surface area (TPSA) is 69.5 Å². The van der Waals surface area contributed by atoms with Crippen LogP contribution in [-0.2, 0) is 11.2 Å². The van der Waals surface area contributed by atoms with E-state index in [2.05, 4.69) is 31.9 Å². The van der Waals surface area contributed by atoms with E-state index in [1.807, 2.05) is 34.8 Å². The number of hydrogen-bond acceptors (Lipinski definition) is 5. The van der Waals surface area contributed by atoms with Gasteiger partial charge in [-0.3, -0.25) is 4.79 Å². The Bertz CT molecular complexity index is 1200. The first-order chi connectivity index (χ1) is 15.9. The lowest BCUT2D eigenvalue weighted by Crippen LogP contribution is -2.31. The number of aromatic nitrogens is 3. The summed E-state index contributed by atoms with van der Waals surface area (Å²) in [6.45, 7) is 10.3. The summed E-state index contributed by atoms with van der Waals surface area (Å²) < 4.78 is 13.4. The normalized spacial score (nSPS) is 17.8. The maximum absolute atomic E-state index is 13.3. The predicted molar refractivity (Wildman–Crippen MR) is 127 cm³/mol. The number of pyridine rings is 1. The molecule has 0 aliphatic carbocycles. The number of amides is 1. The first-order valence-electron chi connectivity index (χ1n) is 12.0. The van der Waals surface area contributed by atoms with Crippen molar-refractivity contribution in [2.75, 3.05) is 19.8 Å². The van der Waals surface area contributed by atoms with Gasteiger partial charge >= 0.3 is 0 Å². The van der Waals surface area contributed by atoms with Crippen molar-refractivity contribution >= 4 is 16.9 Å². The van der Waals surface area contributed by atoms with Gasteiger partial charge in [-0.25, -0.2) is 9.67 Å². The summed E-state index contributed by atoms with van der Waals surface area (Å²) in [4.78, 5) is 20.2. The van der Waals surface area contributed by atoms with Crippen LogP contribution in [0.15, 0.2) is 24.4 Å². The lowest BCUT2D eigenvalue weighted by Gasteiger charge is -2.27. The second kappa shape index (κ2) is 8.69. The van der Waals surface area contributed by atoms with Crippen molar-refractivity contribution in [1.82, 2.24) is 19.7 Å². The first-order valence-corrected chi connectivity index (χ1v) is 12.0. The SMILES string of the molecule is Cc1nc2c(cnn2C(C)C)c(C)c1CCC(=O)N1CCC[C@@H]1c1ccc2c(c1)OCCO2. The number of carbonyl (C=O) groups excluding carboxylic acids is 1. The molecule has 1 atom stereocenters. The molecule has 1 saturated heterocycles. The van der Waals surface area contributed by atoms with Gasteiger partial charge in [-0.15, -0.1) is 0 Å². The second-order valence-electron chi connectivity index (χ2n) is 9.37. The molecule has 2 aliphatic heterocycles. The monoisotopic (exact) mass is 448 g/mol. The minimum Gasteiger partial charge on any atom is -0.486 e. The van der Waals surface area contributed by atoms with E-state index in [1.165, 1.54) is 5.56 Å². The van der Waals surface area contributed by atoms with Gasteiger partial charge in [-0.05, 0) is 75.8 Å². The minimum atomic E-state index is 0.0976. The summed E-state index contributed by atoms with van der Waals surface area (Å²) in [7, 11) is 0. The van der Waals surface area contributed by atoms with Crippen LogP contribution in [0.3, 0.4) is 0 Å². The zero-order valence-corrected chi connectivity index (χ0v) is 19.9. The number of carbonyl (C=O) groups is 1. The van der Waals surface area contributed by atoms with Crippen LogP contribution in [0.5, 0.6) is 11.5 Å². The molecule has 0 saturated carbocycles. The fourth-order valence-electron chi connectivity index (χ4n) is 5.19. The van der Waals surface area contributed by atoms with E-state index < -0.39 is 0 Å². The summed E-state index contributed by atoms with van der Waals surface area (Å²) in [6, 6.07) is 6.44. The van der Waals surface area contributed by atoms with E-state index in [9.17, 15) is 4.79 Å². The van der Waals surface area contributed by atoms with Gasteiger partial charge in [-0.1, -0.05) is 6.07 Å². The summed E-state index contributed by atoms with van der Waals surface area (Å²) in [5.74, 6) is 1.77. The summed E-state index contributed by atoms with van der Waals surface area (Å²) in [5, 5.41) is 5.61. The molecule has 174 valence electrons. The zero-order chi connectivity index (χ0) is 23.1. The van der Waals surface area contributed by atoms with Crippen molar-refractivity contribution in [1.29, 1.82) is 0 Å². The molecule has 0 unspecified atom stereocenters. The average molecular weight is 449 g/mol. The van der Waals surface area contributed by atoms with Gasteiger partial charge in [0, 0.05) is 30.1 Å². The van der Waals surface area contributed by atoms with Gasteiger partial charge in [0.2, 0.25) is 5.91 Å². The minimum absolute atomic E-state index is 0.0976. The van der Waals surface area contributed by atoms with Crippen LogP contribution in [0.2, 0.25) is 0 Å². The quantitative estimate of drug-likeness (QED) is 0.566. The molecular formula is C26H32N4O3. The van der Waals surface area contributed by atoms with Gasteiger partial charge in [0.15, 0.2) is 17.1 Å². The molecule has 33 heavy (non-hydrogen) atoms. The van der Waals surface area contributed by atoms with Gasteiger partial charge < -0.3 is 14.4 Å². The molecule has 7 heteroatoms. The Balaban J connectivity index is 1.33. The van der Waals surface area contributed by atoms with Crippen LogP contribution in [-0.4, -0.2) is 45.3 Å². The van der Waals surface area contributed by atoms with E-state index >= 15 is 0 Å². The third kappa shape index (κ3) is 3.94. The van der Waals surface area contributed by atoms with Crippen molar-refractivity contribution in [2.24, 2.45) is 0 Å². The van der Waals surface area contributed by atoms with Gasteiger partial charge in [0.1, 0.15) is 13.2 Å². The van der Waals surface area contributed by atoms with Crippen LogP contribution < -0.4 is 9.47 Å². The number of benzene rings is 1. The molecule has 2 aliphatic rings. The fraction of sp³-hybridized carbons (Fsp3) is 0.500. The summed E-state index contributed by atoms with van der Waals surface area (Å²) in [5.41, 5.74) is 5.38. The number of hydrogen-bond donors (Lipinski definition) is 0. The first kappa shape index (κ1) is 21.7.